The quantitative estimate of drug-likeness (QED) is 0.488. The largest absolute Gasteiger partial charge is 0.393 e. The predicted octanol–water partition coefficient (Wildman–Crippen LogP) is 6.92. The van der Waals surface area contributed by atoms with Crippen LogP contribution in [0, 0.1) is 45.3 Å². The van der Waals surface area contributed by atoms with Crippen LogP contribution in [0.2, 0.25) is 0 Å². The van der Waals surface area contributed by atoms with Crippen molar-refractivity contribution in [3.8, 4) is 0 Å². The molecule has 7 atom stereocenters. The molecule has 1 N–H and O–H groups in total. The number of Topliss-reactive ketones (excluding diaryl/α,β-unsaturated/α-hetero) is 2. The molecule has 0 aliphatic heterocycles. The number of carbonyl (C=O) groups excluding carboxylic acids is 2. The third kappa shape index (κ3) is 3.46. The highest BCUT2D eigenvalue weighted by Crippen LogP contribution is 2.71. The zero-order valence-electron chi connectivity index (χ0n) is 22.5. The van der Waals surface area contributed by atoms with E-state index in [0.717, 1.165) is 36.3 Å². The average Bonchev–Trinajstić information content (AvgIpc) is 2.97. The van der Waals surface area contributed by atoms with Gasteiger partial charge in [-0.1, -0.05) is 74.7 Å². The molecule has 0 heterocycles. The van der Waals surface area contributed by atoms with Crippen molar-refractivity contribution in [3.05, 3.63) is 11.1 Å². The van der Waals surface area contributed by atoms with E-state index < -0.39 is 6.10 Å². The second kappa shape index (κ2) is 8.04. The lowest BCUT2D eigenvalue weighted by molar-refractivity contribution is -0.141. The summed E-state index contributed by atoms with van der Waals surface area (Å²) in [5.41, 5.74) is 0.780. The van der Waals surface area contributed by atoms with Gasteiger partial charge >= 0.3 is 0 Å². The molecule has 0 spiro atoms. The molecule has 2 saturated carbocycles. The lowest BCUT2D eigenvalue weighted by Gasteiger charge is -2.60. The number of ketones is 2. The Morgan fingerprint density at radius 3 is 2.21 bits per heavy atom. The molecule has 3 nitrogen and oxygen atoms in total. The Hall–Kier alpha value is -0.960. The maximum absolute atomic E-state index is 14.0. The molecular weight excluding hydrogens is 408 g/mol. The second-order valence-electron chi connectivity index (χ2n) is 14.0. The van der Waals surface area contributed by atoms with E-state index in [1.165, 1.54) is 19.3 Å². The van der Waals surface area contributed by atoms with Crippen molar-refractivity contribution in [2.24, 2.45) is 45.3 Å². The smallest absolute Gasteiger partial charge is 0.160 e. The molecule has 0 aromatic rings. The van der Waals surface area contributed by atoms with Gasteiger partial charge in [0.1, 0.15) is 0 Å². The van der Waals surface area contributed by atoms with Crippen LogP contribution < -0.4 is 0 Å². The van der Waals surface area contributed by atoms with Crippen molar-refractivity contribution in [2.75, 3.05) is 0 Å². The summed E-state index contributed by atoms with van der Waals surface area (Å²) in [5.74, 6) is 2.27. The number of carbonyl (C=O) groups is 2. The number of rotatable bonds is 5. The number of allylic oxidation sites excluding steroid dienone is 2. The van der Waals surface area contributed by atoms with E-state index in [1.54, 1.807) is 0 Å². The number of aliphatic hydroxyl groups excluding tert-OH is 1. The van der Waals surface area contributed by atoms with Crippen molar-refractivity contribution < 1.29 is 14.7 Å². The first-order valence-electron chi connectivity index (χ1n) is 13.7. The lowest BCUT2D eigenvalue weighted by atomic mass is 9.43. The van der Waals surface area contributed by atoms with Crippen molar-refractivity contribution in [3.63, 3.8) is 0 Å². The third-order valence-electron chi connectivity index (χ3n) is 11.5. The predicted molar refractivity (Wildman–Crippen MR) is 134 cm³/mol. The SMILES string of the molecule is CC(C)CCC[C@@H](C)[C@H]1CC[C@@]2(C)C3=C(C(=O)C[C@]12C)[C@@]1(C)CCC(O)C(C)(C)C1CC3=O. The molecule has 4 rings (SSSR count). The van der Waals surface area contributed by atoms with E-state index in [9.17, 15) is 14.7 Å². The van der Waals surface area contributed by atoms with Gasteiger partial charge in [-0.15, -0.1) is 0 Å². The minimum absolute atomic E-state index is 0.0315. The molecule has 33 heavy (non-hydrogen) atoms. The maximum atomic E-state index is 14.0. The van der Waals surface area contributed by atoms with Gasteiger partial charge in [-0.05, 0) is 60.2 Å². The Morgan fingerprint density at radius 2 is 1.58 bits per heavy atom. The molecule has 0 amide bonds. The van der Waals surface area contributed by atoms with Gasteiger partial charge < -0.3 is 5.11 Å². The van der Waals surface area contributed by atoms with Gasteiger partial charge in [0.2, 0.25) is 0 Å². The standard InChI is InChI=1S/C30H48O3/c1-18(2)10-9-11-19(3)20-12-15-29(7)26-21(31)16-23-27(4,5)24(33)13-14-28(23,6)25(26)22(32)17-30(20,29)8/h18-20,23-24,33H,9-17H2,1-8H3/t19-,20-,23?,24?,28+,29+,30-/m1/s1. The summed E-state index contributed by atoms with van der Waals surface area (Å²) in [6, 6.07) is 0. The van der Waals surface area contributed by atoms with Crippen LogP contribution in [0.15, 0.2) is 11.1 Å². The highest BCUT2D eigenvalue weighted by molar-refractivity contribution is 6.11. The van der Waals surface area contributed by atoms with Crippen LogP contribution in [0.25, 0.3) is 0 Å². The molecule has 186 valence electrons. The van der Waals surface area contributed by atoms with Crippen LogP contribution in [0.1, 0.15) is 113 Å². The Morgan fingerprint density at radius 1 is 0.909 bits per heavy atom. The number of fused-ring (bicyclic) bond motifs is 4. The van der Waals surface area contributed by atoms with Gasteiger partial charge in [0.15, 0.2) is 11.6 Å². The second-order valence-corrected chi connectivity index (χ2v) is 14.0. The van der Waals surface area contributed by atoms with E-state index in [-0.39, 0.29) is 39.1 Å². The third-order valence-corrected chi connectivity index (χ3v) is 11.5. The minimum Gasteiger partial charge on any atom is -0.393 e. The topological polar surface area (TPSA) is 54.4 Å². The summed E-state index contributed by atoms with van der Waals surface area (Å²) >= 11 is 0. The first-order valence-corrected chi connectivity index (χ1v) is 13.7. The maximum Gasteiger partial charge on any atom is 0.160 e. The van der Waals surface area contributed by atoms with Crippen LogP contribution in [0.5, 0.6) is 0 Å². The molecule has 0 saturated heterocycles. The van der Waals surface area contributed by atoms with Crippen LogP contribution in [-0.2, 0) is 9.59 Å². The Bertz CT molecular complexity index is 866. The summed E-state index contributed by atoms with van der Waals surface area (Å²) in [5, 5.41) is 10.8. The van der Waals surface area contributed by atoms with Crippen molar-refractivity contribution in [2.45, 2.75) is 119 Å². The summed E-state index contributed by atoms with van der Waals surface area (Å²) in [6.07, 6.45) is 8.04. The van der Waals surface area contributed by atoms with E-state index in [1.807, 2.05) is 0 Å². The van der Waals surface area contributed by atoms with Gasteiger partial charge in [0, 0.05) is 34.8 Å². The minimum atomic E-state index is -0.410. The normalized spacial score (nSPS) is 43.4. The summed E-state index contributed by atoms with van der Waals surface area (Å²) in [6.45, 7) is 18.1. The van der Waals surface area contributed by atoms with Gasteiger partial charge in [0.05, 0.1) is 6.10 Å². The Kier molecular flexibility index (Phi) is 6.12. The monoisotopic (exact) mass is 456 g/mol. The first kappa shape index (κ1) is 25.1. The average molecular weight is 457 g/mol. The van der Waals surface area contributed by atoms with Gasteiger partial charge in [-0.2, -0.15) is 0 Å². The summed E-state index contributed by atoms with van der Waals surface area (Å²) in [7, 11) is 0. The molecular formula is C30H48O3. The van der Waals surface area contributed by atoms with E-state index in [0.29, 0.717) is 31.1 Å². The Balaban J connectivity index is 1.74. The fourth-order valence-electron chi connectivity index (χ4n) is 9.16. The fraction of sp³-hybridized carbons (Fsp3) is 0.867. The molecule has 0 bridgehead atoms. The zero-order chi connectivity index (χ0) is 24.6. The van der Waals surface area contributed by atoms with E-state index in [4.69, 9.17) is 0 Å². The highest BCUT2D eigenvalue weighted by Gasteiger charge is 2.67. The van der Waals surface area contributed by atoms with Gasteiger partial charge in [-0.3, -0.25) is 9.59 Å². The van der Waals surface area contributed by atoms with Crippen molar-refractivity contribution >= 4 is 11.6 Å². The molecule has 0 radical (unpaired) electrons. The fourth-order valence-corrected chi connectivity index (χ4v) is 9.16. The Labute approximate surface area is 202 Å². The first-order chi connectivity index (χ1) is 15.2. The zero-order valence-corrected chi connectivity index (χ0v) is 22.5. The number of hydrogen-bond acceptors (Lipinski definition) is 3. The van der Waals surface area contributed by atoms with Crippen molar-refractivity contribution in [1.29, 1.82) is 0 Å². The van der Waals surface area contributed by atoms with Crippen LogP contribution in [0.3, 0.4) is 0 Å². The molecule has 2 unspecified atom stereocenters. The summed E-state index contributed by atoms with van der Waals surface area (Å²) < 4.78 is 0. The molecule has 4 aliphatic carbocycles. The highest BCUT2D eigenvalue weighted by atomic mass is 16.3. The molecule has 0 aromatic carbocycles. The molecule has 4 aliphatic rings. The number of hydrogen-bond donors (Lipinski definition) is 1. The van der Waals surface area contributed by atoms with Gasteiger partial charge in [-0.25, -0.2) is 0 Å². The van der Waals surface area contributed by atoms with Gasteiger partial charge in [0.25, 0.3) is 0 Å². The molecule has 2 fully saturated rings. The van der Waals surface area contributed by atoms with E-state index >= 15 is 0 Å². The molecule has 0 aromatic heterocycles. The lowest BCUT2D eigenvalue weighted by Crippen LogP contribution is -2.59. The summed E-state index contributed by atoms with van der Waals surface area (Å²) in [4.78, 5) is 27.9. The van der Waals surface area contributed by atoms with Crippen LogP contribution in [-0.4, -0.2) is 22.8 Å². The van der Waals surface area contributed by atoms with E-state index in [2.05, 4.69) is 55.4 Å². The molecule has 3 heteroatoms. The van der Waals surface area contributed by atoms with Crippen molar-refractivity contribution in [1.82, 2.24) is 0 Å². The number of aliphatic hydroxyl groups is 1. The van der Waals surface area contributed by atoms with Crippen LogP contribution in [0.4, 0.5) is 0 Å². The van der Waals surface area contributed by atoms with Crippen LogP contribution >= 0.6 is 0 Å².